The average molecular weight is 353 g/mol. The summed E-state index contributed by atoms with van der Waals surface area (Å²) in [6.45, 7) is 1.91. The van der Waals surface area contributed by atoms with Crippen molar-refractivity contribution in [2.24, 2.45) is 0 Å². The first kappa shape index (κ1) is 17.4. The van der Waals surface area contributed by atoms with Gasteiger partial charge < -0.3 is 9.88 Å². The molecule has 0 spiro atoms. The van der Waals surface area contributed by atoms with E-state index in [2.05, 4.69) is 15.3 Å². The molecule has 0 unspecified atom stereocenters. The lowest BCUT2D eigenvalue weighted by Crippen LogP contribution is -2.38. The largest absolute Gasteiger partial charge is 0.346 e. The predicted octanol–water partition coefficient (Wildman–Crippen LogP) is 0.599. The molecule has 1 atom stereocenters. The van der Waals surface area contributed by atoms with Crippen LogP contribution in [0.5, 0.6) is 0 Å². The first-order valence-electron chi connectivity index (χ1n) is 8.13. The second-order valence-electron chi connectivity index (χ2n) is 5.99. The summed E-state index contributed by atoms with van der Waals surface area (Å²) in [7, 11) is 0. The highest BCUT2D eigenvalue weighted by Gasteiger charge is 2.16. The van der Waals surface area contributed by atoms with Crippen molar-refractivity contribution in [2.45, 2.75) is 26.1 Å². The number of rotatable bonds is 6. The lowest BCUT2D eigenvalue weighted by atomic mass is 10.1. The van der Waals surface area contributed by atoms with Gasteiger partial charge in [-0.15, -0.1) is 0 Å². The molecule has 1 aromatic carbocycles. The Balaban J connectivity index is 1.78. The third kappa shape index (κ3) is 4.15. The molecule has 26 heavy (non-hydrogen) atoms. The van der Waals surface area contributed by atoms with Gasteiger partial charge in [0.2, 0.25) is 5.91 Å². The zero-order valence-electron chi connectivity index (χ0n) is 14.3. The van der Waals surface area contributed by atoms with Crippen molar-refractivity contribution < 1.29 is 4.79 Å². The number of nitrogens with one attached hydrogen (secondary N) is 2. The Hall–Kier alpha value is -3.42. The van der Waals surface area contributed by atoms with E-state index in [4.69, 9.17) is 0 Å². The number of benzene rings is 1. The molecular formula is C18H19N5O3. The first-order chi connectivity index (χ1) is 12.5. The van der Waals surface area contributed by atoms with E-state index in [1.807, 2.05) is 41.1 Å². The summed E-state index contributed by atoms with van der Waals surface area (Å²) < 4.78 is 3.06. The van der Waals surface area contributed by atoms with Crippen LogP contribution in [-0.2, 0) is 17.9 Å². The van der Waals surface area contributed by atoms with Crippen molar-refractivity contribution >= 4 is 5.91 Å². The molecule has 0 aliphatic heterocycles. The Morgan fingerprint density at radius 1 is 1.27 bits per heavy atom. The van der Waals surface area contributed by atoms with E-state index in [0.29, 0.717) is 12.1 Å². The fourth-order valence-electron chi connectivity index (χ4n) is 2.66. The van der Waals surface area contributed by atoms with Gasteiger partial charge in [0, 0.05) is 30.7 Å². The van der Waals surface area contributed by atoms with E-state index in [0.717, 1.165) is 5.56 Å². The number of hydrogen-bond donors (Lipinski definition) is 2. The molecule has 1 amide bonds. The topological polar surface area (TPSA) is 102 Å². The highest BCUT2D eigenvalue weighted by molar-refractivity contribution is 5.76. The molecule has 0 aliphatic carbocycles. The smallest absolute Gasteiger partial charge is 0.328 e. The number of aryl methyl sites for hydroxylation is 1. The van der Waals surface area contributed by atoms with E-state index in [9.17, 15) is 14.4 Å². The fourth-order valence-corrected chi connectivity index (χ4v) is 2.66. The van der Waals surface area contributed by atoms with Crippen LogP contribution < -0.4 is 16.6 Å². The molecule has 0 saturated heterocycles. The minimum absolute atomic E-state index is 0.177. The van der Waals surface area contributed by atoms with Crippen LogP contribution in [-0.4, -0.2) is 25.0 Å². The summed E-state index contributed by atoms with van der Waals surface area (Å²) in [5.41, 5.74) is 0.255. The highest BCUT2D eigenvalue weighted by atomic mass is 16.2. The summed E-state index contributed by atoms with van der Waals surface area (Å²) in [5, 5.41) is 2.94. The second kappa shape index (κ2) is 7.64. The summed E-state index contributed by atoms with van der Waals surface area (Å²) in [4.78, 5) is 42.0. The van der Waals surface area contributed by atoms with E-state index >= 15 is 0 Å². The Morgan fingerprint density at radius 3 is 2.73 bits per heavy atom. The van der Waals surface area contributed by atoms with Gasteiger partial charge in [-0.2, -0.15) is 0 Å². The van der Waals surface area contributed by atoms with Crippen LogP contribution in [0.15, 0.2) is 64.8 Å². The van der Waals surface area contributed by atoms with Crippen molar-refractivity contribution in [3.05, 3.63) is 87.2 Å². The zero-order chi connectivity index (χ0) is 18.5. The Bertz CT molecular complexity index is 990. The van der Waals surface area contributed by atoms with Gasteiger partial charge >= 0.3 is 5.69 Å². The molecule has 8 heteroatoms. The third-order valence-electron chi connectivity index (χ3n) is 3.99. The number of hydrogen-bond acceptors (Lipinski definition) is 4. The van der Waals surface area contributed by atoms with Gasteiger partial charge in [0.25, 0.3) is 5.56 Å². The van der Waals surface area contributed by atoms with Crippen molar-refractivity contribution in [3.8, 4) is 0 Å². The molecule has 3 rings (SSSR count). The van der Waals surface area contributed by atoms with E-state index in [1.54, 1.807) is 19.4 Å². The van der Waals surface area contributed by atoms with Gasteiger partial charge in [-0.1, -0.05) is 30.3 Å². The third-order valence-corrected chi connectivity index (χ3v) is 3.99. The maximum absolute atomic E-state index is 12.5. The number of aromatic nitrogens is 4. The number of aromatic amines is 1. The summed E-state index contributed by atoms with van der Waals surface area (Å²) in [5.74, 6) is -0.326. The van der Waals surface area contributed by atoms with Crippen LogP contribution in [0, 0.1) is 6.92 Å². The van der Waals surface area contributed by atoms with Gasteiger partial charge in [0.15, 0.2) is 0 Å². The predicted molar refractivity (Wildman–Crippen MR) is 95.6 cm³/mol. The van der Waals surface area contributed by atoms with Gasteiger partial charge in [0.1, 0.15) is 6.54 Å². The van der Waals surface area contributed by atoms with Gasteiger partial charge in [-0.05, 0) is 12.5 Å². The molecule has 2 heterocycles. The van der Waals surface area contributed by atoms with Gasteiger partial charge in [-0.3, -0.25) is 19.1 Å². The molecule has 8 nitrogen and oxygen atoms in total. The minimum Gasteiger partial charge on any atom is -0.346 e. The van der Waals surface area contributed by atoms with Gasteiger partial charge in [-0.25, -0.2) is 9.78 Å². The SMILES string of the molecule is Cc1cn(CC(=O)N[C@H](Cn2ccnc2)c2ccccc2)c(=O)[nH]c1=O. The Kier molecular flexibility index (Phi) is 5.12. The number of nitrogens with zero attached hydrogens (tertiary/aromatic N) is 3. The first-order valence-corrected chi connectivity index (χ1v) is 8.13. The van der Waals surface area contributed by atoms with Crippen molar-refractivity contribution in [2.75, 3.05) is 0 Å². The zero-order valence-corrected chi connectivity index (χ0v) is 14.3. The summed E-state index contributed by atoms with van der Waals surface area (Å²) >= 11 is 0. The molecule has 0 fully saturated rings. The number of amides is 1. The van der Waals surface area contributed by atoms with E-state index in [-0.39, 0.29) is 18.5 Å². The quantitative estimate of drug-likeness (QED) is 0.677. The van der Waals surface area contributed by atoms with Crippen LogP contribution in [0.25, 0.3) is 0 Å². The minimum atomic E-state index is -0.610. The maximum Gasteiger partial charge on any atom is 0.328 e. The molecule has 0 saturated carbocycles. The molecule has 3 aromatic rings. The van der Waals surface area contributed by atoms with Crippen LogP contribution in [0.2, 0.25) is 0 Å². The lowest BCUT2D eigenvalue weighted by molar-refractivity contribution is -0.122. The monoisotopic (exact) mass is 353 g/mol. The molecular weight excluding hydrogens is 334 g/mol. The molecule has 0 bridgehead atoms. The number of H-pyrrole nitrogens is 1. The summed E-state index contributed by atoms with van der Waals surface area (Å²) in [6.07, 6.45) is 6.55. The molecule has 0 radical (unpaired) electrons. The number of imidazole rings is 1. The molecule has 134 valence electrons. The Labute approximate surface area is 149 Å². The number of carbonyl (C=O) groups is 1. The Morgan fingerprint density at radius 2 is 2.04 bits per heavy atom. The van der Waals surface area contributed by atoms with Crippen LogP contribution >= 0.6 is 0 Å². The van der Waals surface area contributed by atoms with Crippen molar-refractivity contribution in [3.63, 3.8) is 0 Å². The second-order valence-corrected chi connectivity index (χ2v) is 5.99. The van der Waals surface area contributed by atoms with Gasteiger partial charge in [0.05, 0.1) is 12.4 Å². The molecule has 2 aromatic heterocycles. The van der Waals surface area contributed by atoms with E-state index in [1.165, 1.54) is 10.8 Å². The van der Waals surface area contributed by atoms with Crippen LogP contribution in [0.1, 0.15) is 17.2 Å². The lowest BCUT2D eigenvalue weighted by Gasteiger charge is -2.20. The fraction of sp³-hybridized carbons (Fsp3) is 0.222. The number of carbonyl (C=O) groups excluding carboxylic acids is 1. The molecule has 0 aliphatic rings. The summed E-state index contributed by atoms with van der Waals surface area (Å²) in [6, 6.07) is 9.28. The van der Waals surface area contributed by atoms with Crippen molar-refractivity contribution in [1.82, 2.24) is 24.4 Å². The van der Waals surface area contributed by atoms with Crippen LogP contribution in [0.4, 0.5) is 0 Å². The van der Waals surface area contributed by atoms with E-state index < -0.39 is 11.2 Å². The molecule has 2 N–H and O–H groups in total. The van der Waals surface area contributed by atoms with Crippen LogP contribution in [0.3, 0.4) is 0 Å². The maximum atomic E-state index is 12.5. The standard InChI is InChI=1S/C18H19N5O3/c1-13-9-23(18(26)21-17(13)25)11-16(24)20-15(10-22-8-7-19-12-22)14-5-3-2-4-6-14/h2-9,12,15H,10-11H2,1H3,(H,20,24)(H,21,25,26)/t15-/m1/s1. The normalized spacial score (nSPS) is 11.9. The van der Waals surface area contributed by atoms with Crippen molar-refractivity contribution in [1.29, 1.82) is 0 Å². The highest BCUT2D eigenvalue weighted by Crippen LogP contribution is 2.15. The average Bonchev–Trinajstić information content (AvgIpc) is 3.13.